The van der Waals surface area contributed by atoms with E-state index in [0.717, 1.165) is 5.56 Å². The van der Waals surface area contributed by atoms with Gasteiger partial charge in [0, 0.05) is 25.0 Å². The van der Waals surface area contributed by atoms with E-state index >= 15 is 0 Å². The highest BCUT2D eigenvalue weighted by atomic mass is 79.9. The van der Waals surface area contributed by atoms with E-state index in [-0.39, 0.29) is 5.43 Å². The largest absolute Gasteiger partial charge is 0.355 e. The Morgan fingerprint density at radius 1 is 1.13 bits per heavy atom. The molecule has 76 valence electrons. The first-order valence-corrected chi connectivity index (χ1v) is 5.39. The molecule has 0 spiro atoms. The maximum Gasteiger partial charge on any atom is 0.203 e. The number of nitrogens with zero attached hydrogens (tertiary/aromatic N) is 1. The SMILES string of the molecule is Cn1cc(Br)c(=O)c(-c2ccccc2)c1. The monoisotopic (exact) mass is 263 g/mol. The Balaban J connectivity index is 2.69. The maximum absolute atomic E-state index is 11.9. The van der Waals surface area contributed by atoms with Crippen molar-refractivity contribution in [1.29, 1.82) is 0 Å². The van der Waals surface area contributed by atoms with Crippen molar-refractivity contribution in [2.24, 2.45) is 7.05 Å². The van der Waals surface area contributed by atoms with Crippen LogP contribution in [0.15, 0.2) is 52.0 Å². The van der Waals surface area contributed by atoms with Crippen LogP contribution in [-0.2, 0) is 7.05 Å². The second-order valence-electron chi connectivity index (χ2n) is 3.38. The van der Waals surface area contributed by atoms with Crippen LogP contribution in [0.2, 0.25) is 0 Å². The van der Waals surface area contributed by atoms with Gasteiger partial charge in [-0.05, 0) is 21.5 Å². The lowest BCUT2D eigenvalue weighted by Crippen LogP contribution is -2.09. The average Bonchev–Trinajstić information content (AvgIpc) is 2.24. The van der Waals surface area contributed by atoms with Gasteiger partial charge in [-0.2, -0.15) is 0 Å². The van der Waals surface area contributed by atoms with Gasteiger partial charge in [-0.25, -0.2) is 0 Å². The molecule has 0 aliphatic rings. The molecule has 2 nitrogen and oxygen atoms in total. The number of pyridine rings is 1. The second-order valence-corrected chi connectivity index (χ2v) is 4.23. The van der Waals surface area contributed by atoms with Gasteiger partial charge in [-0.3, -0.25) is 4.79 Å². The molecule has 0 radical (unpaired) electrons. The van der Waals surface area contributed by atoms with Gasteiger partial charge >= 0.3 is 0 Å². The van der Waals surface area contributed by atoms with E-state index in [2.05, 4.69) is 15.9 Å². The molecule has 0 aliphatic carbocycles. The summed E-state index contributed by atoms with van der Waals surface area (Å²) in [5, 5.41) is 0. The highest BCUT2D eigenvalue weighted by Gasteiger charge is 2.05. The van der Waals surface area contributed by atoms with Crippen LogP contribution in [0, 0.1) is 0 Å². The number of aromatic nitrogens is 1. The Kier molecular flexibility index (Phi) is 2.73. The number of aryl methyl sites for hydroxylation is 1. The van der Waals surface area contributed by atoms with Gasteiger partial charge in [0.05, 0.1) is 4.47 Å². The molecule has 0 saturated carbocycles. The van der Waals surface area contributed by atoms with Gasteiger partial charge in [-0.1, -0.05) is 30.3 Å². The molecule has 1 aromatic heterocycles. The zero-order valence-electron chi connectivity index (χ0n) is 8.27. The van der Waals surface area contributed by atoms with Crippen LogP contribution in [0.3, 0.4) is 0 Å². The van der Waals surface area contributed by atoms with Crippen molar-refractivity contribution >= 4 is 15.9 Å². The van der Waals surface area contributed by atoms with Gasteiger partial charge in [0.25, 0.3) is 0 Å². The lowest BCUT2D eigenvalue weighted by atomic mass is 10.1. The number of halogens is 1. The van der Waals surface area contributed by atoms with E-state index in [1.165, 1.54) is 0 Å². The fourth-order valence-corrected chi connectivity index (χ4v) is 2.03. The molecule has 0 atom stereocenters. The first kappa shape index (κ1) is 10.2. The zero-order valence-corrected chi connectivity index (χ0v) is 9.86. The van der Waals surface area contributed by atoms with E-state index in [1.807, 2.05) is 48.1 Å². The van der Waals surface area contributed by atoms with Crippen LogP contribution in [0.1, 0.15) is 0 Å². The molecule has 1 heterocycles. The van der Waals surface area contributed by atoms with Crippen molar-refractivity contribution in [3.05, 3.63) is 57.4 Å². The Morgan fingerprint density at radius 2 is 1.80 bits per heavy atom. The van der Waals surface area contributed by atoms with Gasteiger partial charge in [-0.15, -0.1) is 0 Å². The fourth-order valence-electron chi connectivity index (χ4n) is 1.49. The minimum atomic E-state index is 0.0271. The van der Waals surface area contributed by atoms with Crippen molar-refractivity contribution in [2.75, 3.05) is 0 Å². The molecule has 2 aromatic rings. The third-order valence-corrected chi connectivity index (χ3v) is 2.76. The van der Waals surface area contributed by atoms with Crippen molar-refractivity contribution in [1.82, 2.24) is 4.57 Å². The summed E-state index contributed by atoms with van der Waals surface area (Å²) in [7, 11) is 1.90. The maximum atomic E-state index is 11.9. The molecule has 2 rings (SSSR count). The van der Waals surface area contributed by atoms with Crippen molar-refractivity contribution in [3.8, 4) is 11.1 Å². The molecule has 0 bridgehead atoms. The summed E-state index contributed by atoms with van der Waals surface area (Å²) in [5.74, 6) is 0. The molecular weight excluding hydrogens is 254 g/mol. The number of hydrogen-bond donors (Lipinski definition) is 0. The summed E-state index contributed by atoms with van der Waals surface area (Å²) in [6.45, 7) is 0. The zero-order chi connectivity index (χ0) is 10.8. The molecule has 1 aromatic carbocycles. The predicted molar refractivity (Wildman–Crippen MR) is 64.8 cm³/mol. The van der Waals surface area contributed by atoms with Gasteiger partial charge in [0.15, 0.2) is 0 Å². The molecule has 3 heteroatoms. The van der Waals surface area contributed by atoms with E-state index in [0.29, 0.717) is 10.0 Å². The topological polar surface area (TPSA) is 22.0 Å². The Labute approximate surface area is 96.3 Å². The van der Waals surface area contributed by atoms with E-state index in [9.17, 15) is 4.79 Å². The average molecular weight is 264 g/mol. The number of benzene rings is 1. The van der Waals surface area contributed by atoms with Crippen LogP contribution in [0.25, 0.3) is 11.1 Å². The molecule has 0 saturated heterocycles. The predicted octanol–water partition coefficient (Wildman–Crippen LogP) is 2.81. The summed E-state index contributed by atoms with van der Waals surface area (Å²) in [4.78, 5) is 11.9. The normalized spacial score (nSPS) is 10.3. The Morgan fingerprint density at radius 3 is 2.47 bits per heavy atom. The van der Waals surface area contributed by atoms with Crippen LogP contribution in [0.5, 0.6) is 0 Å². The molecular formula is C12H10BrNO. The second kappa shape index (κ2) is 4.03. The molecule has 15 heavy (non-hydrogen) atoms. The molecule has 0 amide bonds. The minimum Gasteiger partial charge on any atom is -0.355 e. The first-order valence-electron chi connectivity index (χ1n) is 4.59. The minimum absolute atomic E-state index is 0.0271. The Hall–Kier alpha value is -1.35. The van der Waals surface area contributed by atoms with E-state index in [1.54, 1.807) is 6.20 Å². The van der Waals surface area contributed by atoms with E-state index in [4.69, 9.17) is 0 Å². The van der Waals surface area contributed by atoms with Crippen molar-refractivity contribution < 1.29 is 0 Å². The third-order valence-electron chi connectivity index (χ3n) is 2.20. The smallest absolute Gasteiger partial charge is 0.203 e. The van der Waals surface area contributed by atoms with Gasteiger partial charge < -0.3 is 4.57 Å². The molecule has 0 aliphatic heterocycles. The van der Waals surface area contributed by atoms with Crippen molar-refractivity contribution in [2.45, 2.75) is 0 Å². The van der Waals surface area contributed by atoms with Gasteiger partial charge in [0.2, 0.25) is 5.43 Å². The summed E-state index contributed by atoms with van der Waals surface area (Å²) in [5.41, 5.74) is 1.69. The molecule has 0 unspecified atom stereocenters. The Bertz CT molecular complexity index is 531. The third kappa shape index (κ3) is 2.02. The highest BCUT2D eigenvalue weighted by molar-refractivity contribution is 9.10. The van der Waals surface area contributed by atoms with Crippen LogP contribution < -0.4 is 5.43 Å². The summed E-state index contributed by atoms with van der Waals surface area (Å²) >= 11 is 3.26. The highest BCUT2D eigenvalue weighted by Crippen LogP contribution is 2.16. The van der Waals surface area contributed by atoms with E-state index < -0.39 is 0 Å². The van der Waals surface area contributed by atoms with Gasteiger partial charge in [0.1, 0.15) is 0 Å². The molecule has 0 N–H and O–H groups in total. The fraction of sp³-hybridized carbons (Fsp3) is 0.0833. The van der Waals surface area contributed by atoms with Crippen LogP contribution in [-0.4, -0.2) is 4.57 Å². The standard InChI is InChI=1S/C12H10BrNO/c1-14-7-10(12(15)11(13)8-14)9-5-3-2-4-6-9/h2-8H,1H3. The number of hydrogen-bond acceptors (Lipinski definition) is 1. The lowest BCUT2D eigenvalue weighted by molar-refractivity contribution is 0.896. The number of rotatable bonds is 1. The van der Waals surface area contributed by atoms with Crippen LogP contribution in [0.4, 0.5) is 0 Å². The van der Waals surface area contributed by atoms with Crippen molar-refractivity contribution in [3.63, 3.8) is 0 Å². The first-order chi connectivity index (χ1) is 7.18. The summed E-state index contributed by atoms with van der Waals surface area (Å²) in [6, 6.07) is 9.66. The van der Waals surface area contributed by atoms with Crippen LogP contribution >= 0.6 is 15.9 Å². The summed E-state index contributed by atoms with van der Waals surface area (Å²) < 4.78 is 2.46. The lowest BCUT2D eigenvalue weighted by Gasteiger charge is -2.04. The quantitative estimate of drug-likeness (QED) is 0.776. The summed E-state index contributed by atoms with van der Waals surface area (Å²) in [6.07, 6.45) is 3.59. The molecule has 0 fully saturated rings.